The predicted molar refractivity (Wildman–Crippen MR) is 124 cm³/mol. The lowest BCUT2D eigenvalue weighted by molar-refractivity contribution is -0.155. The molecule has 1 spiro atoms. The summed E-state index contributed by atoms with van der Waals surface area (Å²) in [4.78, 5) is 27.6. The Morgan fingerprint density at radius 3 is 2.28 bits per heavy atom. The minimum atomic E-state index is -4.57. The zero-order chi connectivity index (χ0) is 25.6. The minimum absolute atomic E-state index is 0.0714. The molecule has 0 heterocycles. The molecule has 3 fully saturated rings. The van der Waals surface area contributed by atoms with Crippen LogP contribution in [0.25, 0.3) is 0 Å². The number of hydrogen-bond donors (Lipinski definition) is 1. The van der Waals surface area contributed by atoms with Crippen LogP contribution >= 0.6 is 0 Å². The van der Waals surface area contributed by atoms with Crippen LogP contribution in [0.2, 0.25) is 0 Å². The molecule has 3 nitrogen and oxygen atoms in total. The van der Waals surface area contributed by atoms with E-state index in [0.717, 1.165) is 37.8 Å². The second kappa shape index (κ2) is 7.73. The van der Waals surface area contributed by atoms with Crippen molar-refractivity contribution in [2.75, 3.05) is 0 Å². The summed E-state index contributed by atoms with van der Waals surface area (Å²) in [5, 5.41) is 12.3. The normalized spacial score (nSPS) is 35.0. The molecule has 0 aromatic heterocycles. The van der Waals surface area contributed by atoms with Gasteiger partial charge in [-0.1, -0.05) is 31.5 Å². The molecule has 3 saturated carbocycles. The predicted octanol–water partition coefficient (Wildman–Crippen LogP) is 6.44. The first-order valence-corrected chi connectivity index (χ1v) is 12.7. The van der Waals surface area contributed by atoms with Gasteiger partial charge in [0.25, 0.3) is 0 Å². The van der Waals surface area contributed by atoms with E-state index in [0.29, 0.717) is 12.0 Å². The van der Waals surface area contributed by atoms with Gasteiger partial charge in [0, 0.05) is 29.7 Å². The van der Waals surface area contributed by atoms with Crippen LogP contribution < -0.4 is 0 Å². The number of halogens is 4. The quantitative estimate of drug-likeness (QED) is 0.458. The number of fused-ring (bicyclic) bond motifs is 3. The Labute approximate surface area is 206 Å². The summed E-state index contributed by atoms with van der Waals surface area (Å²) in [6.45, 7) is 1.68. The fourth-order valence-electron chi connectivity index (χ4n) is 8.00. The molecule has 1 N–H and O–H groups in total. The fourth-order valence-corrected chi connectivity index (χ4v) is 8.00. The SMILES string of the molecule is CC1c2cc(C(F)(F)F)ccc2C(=O)C2C(c3ccc(F)cc3)C3C(=O)CC4(CCC4)CC3CC12O. The van der Waals surface area contributed by atoms with Crippen LogP contribution in [0.4, 0.5) is 17.6 Å². The van der Waals surface area contributed by atoms with Crippen LogP contribution in [-0.2, 0) is 11.0 Å². The topological polar surface area (TPSA) is 54.4 Å². The highest BCUT2D eigenvalue weighted by atomic mass is 19.4. The van der Waals surface area contributed by atoms with E-state index >= 15 is 0 Å². The molecule has 190 valence electrons. The van der Waals surface area contributed by atoms with Crippen molar-refractivity contribution < 1.29 is 32.3 Å². The van der Waals surface area contributed by atoms with Gasteiger partial charge in [-0.3, -0.25) is 9.59 Å². The summed E-state index contributed by atoms with van der Waals surface area (Å²) < 4.78 is 54.3. The summed E-state index contributed by atoms with van der Waals surface area (Å²) in [7, 11) is 0. The van der Waals surface area contributed by atoms with Crippen LogP contribution in [0.15, 0.2) is 42.5 Å². The maximum absolute atomic E-state index is 14.0. The van der Waals surface area contributed by atoms with Crippen molar-refractivity contribution in [3.05, 3.63) is 70.5 Å². The lowest BCUT2D eigenvalue weighted by Crippen LogP contribution is -2.62. The van der Waals surface area contributed by atoms with Gasteiger partial charge in [-0.15, -0.1) is 0 Å². The van der Waals surface area contributed by atoms with Gasteiger partial charge in [-0.2, -0.15) is 13.2 Å². The molecular formula is C29H28F4O3. The standard InChI is InChI=1S/C29H28F4O3/c1-15-21-11-18(29(31,32)33)5-8-20(21)26(35)25-24(16-3-6-19(30)7-4-16)23-17(13-28(15,25)36)12-27(9-2-10-27)14-22(23)34/h3-8,11,15,17,23-25,36H,2,9-10,12-14H2,1H3. The van der Waals surface area contributed by atoms with Crippen LogP contribution in [0.5, 0.6) is 0 Å². The molecule has 0 radical (unpaired) electrons. The van der Waals surface area contributed by atoms with E-state index in [1.807, 2.05) is 0 Å². The molecule has 6 rings (SSSR count). The summed E-state index contributed by atoms with van der Waals surface area (Å²) in [6.07, 6.45) is -0.205. The molecule has 0 saturated heterocycles. The zero-order valence-corrected chi connectivity index (χ0v) is 19.9. The molecule has 0 bridgehead atoms. The number of carbonyl (C=O) groups excluding carboxylic acids is 2. The van der Waals surface area contributed by atoms with Gasteiger partial charge in [-0.25, -0.2) is 4.39 Å². The highest BCUT2D eigenvalue weighted by Gasteiger charge is 2.64. The number of aliphatic hydroxyl groups is 1. The summed E-state index contributed by atoms with van der Waals surface area (Å²) in [6, 6.07) is 8.82. The van der Waals surface area contributed by atoms with Gasteiger partial charge in [0.1, 0.15) is 11.6 Å². The van der Waals surface area contributed by atoms with E-state index in [9.17, 15) is 32.3 Å². The van der Waals surface area contributed by atoms with Crippen molar-refractivity contribution in [1.82, 2.24) is 0 Å². The molecule has 2 aromatic rings. The first-order chi connectivity index (χ1) is 16.9. The highest BCUT2D eigenvalue weighted by Crippen LogP contribution is 2.64. The molecule has 4 aliphatic rings. The fraction of sp³-hybridized carbons (Fsp3) is 0.517. The first-order valence-electron chi connectivity index (χ1n) is 12.7. The molecule has 0 amide bonds. The van der Waals surface area contributed by atoms with Crippen molar-refractivity contribution in [1.29, 1.82) is 0 Å². The van der Waals surface area contributed by atoms with E-state index < -0.39 is 52.6 Å². The van der Waals surface area contributed by atoms with Crippen molar-refractivity contribution in [3.8, 4) is 0 Å². The van der Waals surface area contributed by atoms with Crippen molar-refractivity contribution >= 4 is 11.6 Å². The molecule has 4 aliphatic carbocycles. The van der Waals surface area contributed by atoms with Gasteiger partial charge >= 0.3 is 6.18 Å². The Kier molecular flexibility index (Phi) is 5.12. The Balaban J connectivity index is 1.52. The van der Waals surface area contributed by atoms with Crippen LogP contribution in [-0.4, -0.2) is 22.3 Å². The molecule has 6 atom stereocenters. The average Bonchev–Trinajstić information content (AvgIpc) is 2.80. The van der Waals surface area contributed by atoms with E-state index in [1.54, 1.807) is 19.1 Å². The number of alkyl halides is 3. The molecular weight excluding hydrogens is 472 g/mol. The largest absolute Gasteiger partial charge is 0.416 e. The lowest BCUT2D eigenvalue weighted by Gasteiger charge is -2.60. The number of ketones is 2. The third-order valence-electron chi connectivity index (χ3n) is 9.81. The van der Waals surface area contributed by atoms with E-state index in [-0.39, 0.29) is 34.7 Å². The van der Waals surface area contributed by atoms with E-state index in [4.69, 9.17) is 0 Å². The number of hydrogen-bond acceptors (Lipinski definition) is 3. The monoisotopic (exact) mass is 500 g/mol. The number of Topliss-reactive ketones (excluding diaryl/α,β-unsaturated/α-hetero) is 2. The van der Waals surface area contributed by atoms with Gasteiger partial charge in [0.15, 0.2) is 5.78 Å². The maximum atomic E-state index is 14.0. The number of benzene rings is 2. The molecule has 7 heteroatoms. The third-order valence-corrected chi connectivity index (χ3v) is 9.81. The first kappa shape index (κ1) is 23.8. The van der Waals surface area contributed by atoms with Crippen molar-refractivity contribution in [2.24, 2.45) is 23.2 Å². The summed E-state index contributed by atoms with van der Waals surface area (Å²) in [5.41, 5.74) is -1.56. The average molecular weight is 501 g/mol. The Hall–Kier alpha value is -2.54. The van der Waals surface area contributed by atoms with Crippen molar-refractivity contribution in [3.63, 3.8) is 0 Å². The maximum Gasteiger partial charge on any atom is 0.416 e. The Bertz CT molecular complexity index is 1250. The lowest BCUT2D eigenvalue weighted by atomic mass is 9.44. The summed E-state index contributed by atoms with van der Waals surface area (Å²) >= 11 is 0. The van der Waals surface area contributed by atoms with E-state index in [1.165, 1.54) is 18.2 Å². The van der Waals surface area contributed by atoms with Crippen LogP contribution in [0.3, 0.4) is 0 Å². The highest BCUT2D eigenvalue weighted by molar-refractivity contribution is 6.03. The van der Waals surface area contributed by atoms with Crippen LogP contribution in [0, 0.1) is 29.0 Å². The Morgan fingerprint density at radius 2 is 1.67 bits per heavy atom. The van der Waals surface area contributed by atoms with Gasteiger partial charge in [-0.05, 0) is 72.4 Å². The van der Waals surface area contributed by atoms with Gasteiger partial charge in [0.2, 0.25) is 0 Å². The third kappa shape index (κ3) is 3.34. The second-order valence-electron chi connectivity index (χ2n) is 11.6. The zero-order valence-electron chi connectivity index (χ0n) is 19.9. The number of rotatable bonds is 1. The molecule has 2 aromatic carbocycles. The van der Waals surface area contributed by atoms with Gasteiger partial charge in [0.05, 0.1) is 17.1 Å². The smallest absolute Gasteiger partial charge is 0.388 e. The van der Waals surface area contributed by atoms with Crippen molar-refractivity contribution in [2.45, 2.75) is 69.1 Å². The molecule has 36 heavy (non-hydrogen) atoms. The van der Waals surface area contributed by atoms with Crippen LogP contribution in [0.1, 0.15) is 84.3 Å². The Morgan fingerprint density at radius 1 is 0.972 bits per heavy atom. The van der Waals surface area contributed by atoms with E-state index in [2.05, 4.69) is 0 Å². The second-order valence-corrected chi connectivity index (χ2v) is 11.6. The number of carbonyl (C=O) groups is 2. The van der Waals surface area contributed by atoms with Gasteiger partial charge < -0.3 is 5.11 Å². The minimum Gasteiger partial charge on any atom is -0.388 e. The molecule has 6 unspecified atom stereocenters. The molecule has 0 aliphatic heterocycles. The summed E-state index contributed by atoms with van der Waals surface area (Å²) in [5.74, 6) is -3.88.